The molecule has 0 N–H and O–H groups in total. The van der Waals surface area contributed by atoms with E-state index in [-0.39, 0.29) is 5.91 Å². The standard InChI is InChI=1S/C11H14N2O/c1-7(2)8-4-9-10(12-5-8)6-13(3)11(9)14/h4-5,7H,6H2,1-3H3. The van der Waals surface area contributed by atoms with Gasteiger partial charge in [-0.15, -0.1) is 0 Å². The van der Waals surface area contributed by atoms with Crippen molar-refractivity contribution in [3.8, 4) is 0 Å². The normalized spacial score (nSPS) is 15.1. The van der Waals surface area contributed by atoms with Gasteiger partial charge in [-0.3, -0.25) is 9.78 Å². The van der Waals surface area contributed by atoms with Gasteiger partial charge in [-0.1, -0.05) is 13.8 Å². The number of hydrogen-bond acceptors (Lipinski definition) is 2. The van der Waals surface area contributed by atoms with Gasteiger partial charge < -0.3 is 4.90 Å². The van der Waals surface area contributed by atoms with Crippen LogP contribution >= 0.6 is 0 Å². The molecule has 14 heavy (non-hydrogen) atoms. The van der Waals surface area contributed by atoms with Crippen molar-refractivity contribution in [2.45, 2.75) is 26.3 Å². The topological polar surface area (TPSA) is 33.2 Å². The van der Waals surface area contributed by atoms with Crippen molar-refractivity contribution in [3.63, 3.8) is 0 Å². The van der Waals surface area contributed by atoms with Gasteiger partial charge in [0.25, 0.3) is 5.91 Å². The van der Waals surface area contributed by atoms with Gasteiger partial charge in [-0.05, 0) is 17.5 Å². The summed E-state index contributed by atoms with van der Waals surface area (Å²) in [6, 6.07) is 1.97. The molecule has 0 aliphatic carbocycles. The van der Waals surface area contributed by atoms with Crippen LogP contribution in [0.1, 0.15) is 41.4 Å². The Labute approximate surface area is 83.8 Å². The molecular formula is C11H14N2O. The summed E-state index contributed by atoms with van der Waals surface area (Å²) in [5.74, 6) is 0.515. The van der Waals surface area contributed by atoms with Crippen LogP contribution in [0.2, 0.25) is 0 Å². The second-order valence-electron chi connectivity index (χ2n) is 4.08. The number of amides is 1. The number of aromatic nitrogens is 1. The maximum atomic E-state index is 11.7. The number of pyridine rings is 1. The lowest BCUT2D eigenvalue weighted by molar-refractivity contribution is 0.0816. The first-order valence-electron chi connectivity index (χ1n) is 4.84. The Morgan fingerprint density at radius 1 is 1.50 bits per heavy atom. The summed E-state index contributed by atoms with van der Waals surface area (Å²) in [6.07, 6.45) is 1.87. The van der Waals surface area contributed by atoms with Crippen molar-refractivity contribution < 1.29 is 4.79 Å². The van der Waals surface area contributed by atoms with Crippen molar-refractivity contribution in [2.75, 3.05) is 7.05 Å². The van der Waals surface area contributed by atoms with E-state index in [0.717, 1.165) is 16.8 Å². The van der Waals surface area contributed by atoms with E-state index in [1.165, 1.54) is 0 Å². The average Bonchev–Trinajstić information content (AvgIpc) is 2.43. The summed E-state index contributed by atoms with van der Waals surface area (Å²) in [6.45, 7) is 4.85. The Kier molecular flexibility index (Phi) is 2.02. The molecule has 1 aromatic heterocycles. The van der Waals surface area contributed by atoms with E-state index in [4.69, 9.17) is 0 Å². The first-order valence-corrected chi connectivity index (χ1v) is 4.84. The highest BCUT2D eigenvalue weighted by molar-refractivity contribution is 5.97. The van der Waals surface area contributed by atoms with Crippen molar-refractivity contribution in [3.05, 3.63) is 29.1 Å². The molecule has 74 valence electrons. The third kappa shape index (κ3) is 1.29. The Hall–Kier alpha value is -1.38. The number of hydrogen-bond donors (Lipinski definition) is 0. The van der Waals surface area contributed by atoms with E-state index in [1.54, 1.807) is 11.9 Å². The van der Waals surface area contributed by atoms with Crippen LogP contribution in [-0.4, -0.2) is 22.8 Å². The molecule has 0 saturated heterocycles. The van der Waals surface area contributed by atoms with Crippen LogP contribution in [0, 0.1) is 0 Å². The molecule has 1 amide bonds. The first kappa shape index (κ1) is 9.19. The predicted molar refractivity (Wildman–Crippen MR) is 54.1 cm³/mol. The molecule has 3 nitrogen and oxygen atoms in total. The lowest BCUT2D eigenvalue weighted by Gasteiger charge is -2.05. The van der Waals surface area contributed by atoms with Gasteiger partial charge in [0.2, 0.25) is 0 Å². The molecule has 3 heteroatoms. The van der Waals surface area contributed by atoms with Crippen LogP contribution in [0.3, 0.4) is 0 Å². The van der Waals surface area contributed by atoms with E-state index in [2.05, 4.69) is 18.8 Å². The molecule has 2 heterocycles. The van der Waals surface area contributed by atoms with Gasteiger partial charge in [-0.2, -0.15) is 0 Å². The maximum absolute atomic E-state index is 11.7. The Morgan fingerprint density at radius 2 is 2.21 bits per heavy atom. The minimum absolute atomic E-state index is 0.0926. The SMILES string of the molecule is CC(C)c1cnc2c(c1)C(=O)N(C)C2. The fourth-order valence-corrected chi connectivity index (χ4v) is 1.64. The summed E-state index contributed by atoms with van der Waals surface area (Å²) in [5, 5.41) is 0. The summed E-state index contributed by atoms with van der Waals surface area (Å²) in [4.78, 5) is 17.7. The Morgan fingerprint density at radius 3 is 2.86 bits per heavy atom. The molecule has 2 rings (SSSR count). The molecule has 0 aromatic carbocycles. The lowest BCUT2D eigenvalue weighted by Crippen LogP contribution is -2.17. The first-order chi connectivity index (χ1) is 6.59. The van der Waals surface area contributed by atoms with Gasteiger partial charge in [0.15, 0.2) is 0 Å². The van der Waals surface area contributed by atoms with Gasteiger partial charge in [-0.25, -0.2) is 0 Å². The molecule has 0 fully saturated rings. The summed E-state index contributed by atoms with van der Waals surface area (Å²) >= 11 is 0. The lowest BCUT2D eigenvalue weighted by atomic mass is 10.0. The minimum Gasteiger partial charge on any atom is -0.336 e. The van der Waals surface area contributed by atoms with Gasteiger partial charge in [0.1, 0.15) is 0 Å². The summed E-state index contributed by atoms with van der Waals surface area (Å²) in [7, 11) is 1.80. The molecule has 0 bridgehead atoms. The van der Waals surface area contributed by atoms with E-state index < -0.39 is 0 Å². The molecule has 0 atom stereocenters. The summed E-state index contributed by atoms with van der Waals surface area (Å²) < 4.78 is 0. The van der Waals surface area contributed by atoms with Crippen LogP contribution in [0.25, 0.3) is 0 Å². The minimum atomic E-state index is 0.0926. The Bertz CT molecular complexity index is 385. The van der Waals surface area contributed by atoms with E-state index in [1.807, 2.05) is 12.3 Å². The van der Waals surface area contributed by atoms with E-state index >= 15 is 0 Å². The molecule has 1 aliphatic heterocycles. The van der Waals surface area contributed by atoms with Crippen molar-refractivity contribution in [1.29, 1.82) is 0 Å². The van der Waals surface area contributed by atoms with Crippen LogP contribution in [0.5, 0.6) is 0 Å². The third-order valence-corrected chi connectivity index (χ3v) is 2.62. The zero-order valence-corrected chi connectivity index (χ0v) is 8.74. The van der Waals surface area contributed by atoms with E-state index in [9.17, 15) is 4.79 Å². The van der Waals surface area contributed by atoms with Crippen LogP contribution < -0.4 is 0 Å². The quantitative estimate of drug-likeness (QED) is 0.676. The number of nitrogens with zero attached hydrogens (tertiary/aromatic N) is 2. The van der Waals surface area contributed by atoms with Crippen LogP contribution in [-0.2, 0) is 6.54 Å². The maximum Gasteiger partial charge on any atom is 0.255 e. The zero-order valence-electron chi connectivity index (χ0n) is 8.74. The summed E-state index contributed by atoms with van der Waals surface area (Å²) in [5.41, 5.74) is 2.81. The predicted octanol–water partition coefficient (Wildman–Crippen LogP) is 1.79. The number of fused-ring (bicyclic) bond motifs is 1. The average molecular weight is 190 g/mol. The smallest absolute Gasteiger partial charge is 0.255 e. The molecule has 1 aromatic rings. The fraction of sp³-hybridized carbons (Fsp3) is 0.455. The zero-order chi connectivity index (χ0) is 10.3. The molecule has 0 radical (unpaired) electrons. The molecule has 1 aliphatic rings. The second-order valence-corrected chi connectivity index (χ2v) is 4.08. The third-order valence-electron chi connectivity index (χ3n) is 2.62. The monoisotopic (exact) mass is 190 g/mol. The van der Waals surface area contributed by atoms with Crippen molar-refractivity contribution in [2.24, 2.45) is 0 Å². The highest BCUT2D eigenvalue weighted by atomic mass is 16.2. The van der Waals surface area contributed by atoms with E-state index in [0.29, 0.717) is 12.5 Å². The number of carbonyl (C=O) groups excluding carboxylic acids is 1. The highest BCUT2D eigenvalue weighted by Gasteiger charge is 2.25. The van der Waals surface area contributed by atoms with Crippen LogP contribution in [0.4, 0.5) is 0 Å². The largest absolute Gasteiger partial charge is 0.336 e. The van der Waals surface area contributed by atoms with Gasteiger partial charge in [0.05, 0.1) is 17.8 Å². The fourth-order valence-electron chi connectivity index (χ4n) is 1.64. The highest BCUT2D eigenvalue weighted by Crippen LogP contribution is 2.23. The van der Waals surface area contributed by atoms with Crippen molar-refractivity contribution >= 4 is 5.91 Å². The van der Waals surface area contributed by atoms with Crippen molar-refractivity contribution in [1.82, 2.24) is 9.88 Å². The van der Waals surface area contributed by atoms with Crippen LogP contribution in [0.15, 0.2) is 12.3 Å². The molecular weight excluding hydrogens is 176 g/mol. The molecule has 0 unspecified atom stereocenters. The van der Waals surface area contributed by atoms with Gasteiger partial charge >= 0.3 is 0 Å². The van der Waals surface area contributed by atoms with Gasteiger partial charge in [0, 0.05) is 13.2 Å². The second kappa shape index (κ2) is 3.08. The molecule has 0 saturated carbocycles. The Balaban J connectivity index is 2.46. The molecule has 0 spiro atoms. The number of carbonyl (C=O) groups is 1. The number of rotatable bonds is 1.